The first kappa shape index (κ1) is 21.6. The third-order valence-electron chi connectivity index (χ3n) is 5.64. The van der Waals surface area contributed by atoms with Crippen LogP contribution >= 0.6 is 0 Å². The van der Waals surface area contributed by atoms with Gasteiger partial charge >= 0.3 is 6.09 Å². The Kier molecular flexibility index (Phi) is 6.46. The van der Waals surface area contributed by atoms with Crippen LogP contribution in [0, 0.1) is 0 Å². The molecule has 2 saturated heterocycles. The maximum Gasteiger partial charge on any atom is 0.410 e. The molecule has 2 aliphatic rings. The molecule has 7 heteroatoms. The molecule has 2 N–H and O–H groups in total. The van der Waals surface area contributed by atoms with Crippen molar-refractivity contribution in [2.24, 2.45) is 0 Å². The highest BCUT2D eigenvalue weighted by molar-refractivity contribution is 5.71. The van der Waals surface area contributed by atoms with Crippen molar-refractivity contribution in [3.05, 3.63) is 17.7 Å². The third kappa shape index (κ3) is 5.07. The number of rotatable bonds is 3. The SMILES string of the molecule is COc1cc(N2CCN(C(=O)OC(C)(C)C)[C@H](C)C2)c(C2CCOCC2)cc1N. The number of hydrogen-bond acceptors (Lipinski definition) is 6. The molecule has 0 bridgehead atoms. The van der Waals surface area contributed by atoms with Gasteiger partial charge in [-0.3, -0.25) is 0 Å². The average Bonchev–Trinajstić information content (AvgIpc) is 2.67. The third-order valence-corrected chi connectivity index (χ3v) is 5.64. The summed E-state index contributed by atoms with van der Waals surface area (Å²) in [4.78, 5) is 16.7. The topological polar surface area (TPSA) is 77.3 Å². The van der Waals surface area contributed by atoms with Gasteiger partial charge in [0.25, 0.3) is 0 Å². The molecule has 1 atom stereocenters. The number of benzene rings is 1. The van der Waals surface area contributed by atoms with Gasteiger partial charge in [-0.15, -0.1) is 0 Å². The summed E-state index contributed by atoms with van der Waals surface area (Å²) in [5.41, 5.74) is 8.82. The zero-order valence-electron chi connectivity index (χ0n) is 18.4. The van der Waals surface area contributed by atoms with Crippen LogP contribution in [0.15, 0.2) is 12.1 Å². The van der Waals surface area contributed by atoms with Gasteiger partial charge in [-0.1, -0.05) is 0 Å². The minimum Gasteiger partial charge on any atom is -0.495 e. The smallest absolute Gasteiger partial charge is 0.410 e. The highest BCUT2D eigenvalue weighted by Crippen LogP contribution is 2.40. The minimum atomic E-state index is -0.492. The molecule has 2 heterocycles. The van der Waals surface area contributed by atoms with Crippen molar-refractivity contribution in [2.75, 3.05) is 50.6 Å². The first-order valence-corrected chi connectivity index (χ1v) is 10.5. The van der Waals surface area contributed by atoms with Crippen LogP contribution < -0.4 is 15.4 Å². The largest absolute Gasteiger partial charge is 0.495 e. The molecule has 29 heavy (non-hydrogen) atoms. The molecular formula is C22H35N3O4. The van der Waals surface area contributed by atoms with Crippen LogP contribution in [-0.4, -0.2) is 62.6 Å². The van der Waals surface area contributed by atoms with Gasteiger partial charge in [0.15, 0.2) is 0 Å². The van der Waals surface area contributed by atoms with Crippen molar-refractivity contribution in [2.45, 2.75) is 58.1 Å². The number of nitrogens with two attached hydrogens (primary N) is 1. The van der Waals surface area contributed by atoms with E-state index in [1.165, 1.54) is 5.56 Å². The molecule has 0 spiro atoms. The molecule has 0 aliphatic carbocycles. The molecular weight excluding hydrogens is 370 g/mol. The van der Waals surface area contributed by atoms with Gasteiger partial charge in [-0.05, 0) is 58.1 Å². The Labute approximate surface area is 174 Å². The number of nitrogen functional groups attached to an aromatic ring is 1. The Morgan fingerprint density at radius 1 is 1.21 bits per heavy atom. The summed E-state index contributed by atoms with van der Waals surface area (Å²) in [7, 11) is 1.65. The molecule has 2 fully saturated rings. The van der Waals surface area contributed by atoms with E-state index in [9.17, 15) is 4.79 Å². The number of methoxy groups -OCH3 is 1. The molecule has 1 amide bonds. The van der Waals surface area contributed by atoms with E-state index >= 15 is 0 Å². The number of carbonyl (C=O) groups is 1. The predicted octanol–water partition coefficient (Wildman–Crippen LogP) is 3.62. The number of amides is 1. The fourth-order valence-electron chi connectivity index (χ4n) is 4.16. The van der Waals surface area contributed by atoms with Crippen molar-refractivity contribution >= 4 is 17.5 Å². The van der Waals surface area contributed by atoms with Crippen molar-refractivity contribution in [1.82, 2.24) is 4.90 Å². The van der Waals surface area contributed by atoms with Crippen LogP contribution in [0.4, 0.5) is 16.2 Å². The van der Waals surface area contributed by atoms with E-state index in [1.54, 1.807) is 7.11 Å². The zero-order valence-corrected chi connectivity index (χ0v) is 18.4. The lowest BCUT2D eigenvalue weighted by atomic mass is 9.89. The molecule has 2 aliphatic heterocycles. The molecule has 0 aromatic heterocycles. The lowest BCUT2D eigenvalue weighted by Gasteiger charge is -2.42. The van der Waals surface area contributed by atoms with Crippen LogP contribution in [0.3, 0.4) is 0 Å². The fraction of sp³-hybridized carbons (Fsp3) is 0.682. The van der Waals surface area contributed by atoms with E-state index in [4.69, 9.17) is 19.9 Å². The molecule has 0 radical (unpaired) electrons. The Morgan fingerprint density at radius 2 is 1.90 bits per heavy atom. The van der Waals surface area contributed by atoms with Crippen LogP contribution in [0.1, 0.15) is 52.0 Å². The number of piperazine rings is 1. The minimum absolute atomic E-state index is 0.0460. The monoisotopic (exact) mass is 405 g/mol. The molecule has 0 saturated carbocycles. The van der Waals surface area contributed by atoms with Crippen molar-refractivity contribution in [3.8, 4) is 5.75 Å². The quantitative estimate of drug-likeness (QED) is 0.774. The molecule has 1 aromatic rings. The standard InChI is InChI=1S/C22H35N3O4/c1-15-14-24(8-9-25(15)21(26)29-22(2,3)4)19-13-20(27-5)18(23)12-17(19)16-6-10-28-11-7-16/h12-13,15-16H,6-11,14,23H2,1-5H3/t15-/m1/s1. The maximum absolute atomic E-state index is 12.6. The second-order valence-corrected chi connectivity index (χ2v) is 9.01. The van der Waals surface area contributed by atoms with E-state index in [0.29, 0.717) is 23.9 Å². The Bertz CT molecular complexity index is 726. The van der Waals surface area contributed by atoms with Gasteiger partial charge in [-0.25, -0.2) is 4.79 Å². The number of carbonyl (C=O) groups excluding carboxylic acids is 1. The van der Waals surface area contributed by atoms with E-state index < -0.39 is 5.60 Å². The molecule has 162 valence electrons. The van der Waals surface area contributed by atoms with Gasteiger partial charge in [0.2, 0.25) is 0 Å². The second-order valence-electron chi connectivity index (χ2n) is 9.01. The summed E-state index contributed by atoms with van der Waals surface area (Å²) in [6.45, 7) is 11.4. The van der Waals surface area contributed by atoms with Gasteiger partial charge in [0, 0.05) is 50.6 Å². The van der Waals surface area contributed by atoms with Crippen molar-refractivity contribution in [3.63, 3.8) is 0 Å². The first-order chi connectivity index (χ1) is 13.7. The zero-order chi connectivity index (χ0) is 21.2. The van der Waals surface area contributed by atoms with Gasteiger partial charge < -0.3 is 29.7 Å². The lowest BCUT2D eigenvalue weighted by molar-refractivity contribution is 0.0158. The van der Waals surface area contributed by atoms with E-state index in [-0.39, 0.29) is 12.1 Å². The van der Waals surface area contributed by atoms with Gasteiger partial charge in [-0.2, -0.15) is 0 Å². The maximum atomic E-state index is 12.6. The number of ether oxygens (including phenoxy) is 3. The van der Waals surface area contributed by atoms with Crippen LogP contribution in [0.5, 0.6) is 5.75 Å². The number of hydrogen-bond donors (Lipinski definition) is 1. The number of anilines is 2. The Morgan fingerprint density at radius 3 is 2.48 bits per heavy atom. The summed E-state index contributed by atoms with van der Waals surface area (Å²) in [6, 6.07) is 4.16. The van der Waals surface area contributed by atoms with Crippen LogP contribution in [-0.2, 0) is 9.47 Å². The predicted molar refractivity (Wildman–Crippen MR) is 115 cm³/mol. The Balaban J connectivity index is 1.82. The molecule has 3 rings (SSSR count). The summed E-state index contributed by atoms with van der Waals surface area (Å²) in [5, 5.41) is 0. The molecule has 7 nitrogen and oxygen atoms in total. The van der Waals surface area contributed by atoms with Crippen molar-refractivity contribution in [1.29, 1.82) is 0 Å². The van der Waals surface area contributed by atoms with E-state index in [2.05, 4.69) is 24.0 Å². The van der Waals surface area contributed by atoms with E-state index in [1.807, 2.05) is 25.7 Å². The lowest BCUT2D eigenvalue weighted by Crippen LogP contribution is -2.55. The van der Waals surface area contributed by atoms with Gasteiger partial charge in [0.05, 0.1) is 12.8 Å². The summed E-state index contributed by atoms with van der Waals surface area (Å²) in [5.74, 6) is 1.11. The van der Waals surface area contributed by atoms with E-state index in [0.717, 1.165) is 44.8 Å². The highest BCUT2D eigenvalue weighted by atomic mass is 16.6. The van der Waals surface area contributed by atoms with Crippen LogP contribution in [0.2, 0.25) is 0 Å². The fourth-order valence-corrected chi connectivity index (χ4v) is 4.16. The van der Waals surface area contributed by atoms with Crippen molar-refractivity contribution < 1.29 is 19.0 Å². The summed E-state index contributed by atoms with van der Waals surface area (Å²) in [6.07, 6.45) is 1.74. The molecule has 1 aromatic carbocycles. The molecule has 0 unspecified atom stereocenters. The highest BCUT2D eigenvalue weighted by Gasteiger charge is 2.33. The van der Waals surface area contributed by atoms with Crippen LogP contribution in [0.25, 0.3) is 0 Å². The summed E-state index contributed by atoms with van der Waals surface area (Å²) >= 11 is 0. The normalized spacial score (nSPS) is 21.2. The average molecular weight is 406 g/mol. The summed E-state index contributed by atoms with van der Waals surface area (Å²) < 4.78 is 16.6. The van der Waals surface area contributed by atoms with Gasteiger partial charge in [0.1, 0.15) is 11.4 Å². The number of nitrogens with zero attached hydrogens (tertiary/aromatic N) is 2. The Hall–Kier alpha value is -2.15. The second kappa shape index (κ2) is 8.69. The first-order valence-electron chi connectivity index (χ1n) is 10.5.